The number of aliphatic carboxylic acids is 1. The quantitative estimate of drug-likeness (QED) is 0.0488. The summed E-state index contributed by atoms with van der Waals surface area (Å²) < 4.78 is 19.1. The number of ether oxygens (including phenoxy) is 3. The third kappa shape index (κ3) is 13.2. The summed E-state index contributed by atoms with van der Waals surface area (Å²) in [5, 5.41) is 50.5. The number of nitrogens with zero attached hydrogens (tertiary/aromatic N) is 2. The number of carboxylic acids is 1. The zero-order chi connectivity index (χ0) is 54.2. The number of unbranched alkanes of at least 4 members (excludes halogenated alkanes) is 6. The van der Waals surface area contributed by atoms with Crippen LogP contribution in [0.15, 0.2) is 58.3 Å². The van der Waals surface area contributed by atoms with Gasteiger partial charge in [-0.05, 0) is 185 Å². The molecular formula is C63H92N4O8. The largest absolute Gasteiger partial charge is 0.508 e. The Morgan fingerprint density at radius 1 is 0.547 bits per heavy atom. The molecule has 2 fully saturated rings. The van der Waals surface area contributed by atoms with Crippen molar-refractivity contribution in [2.24, 2.45) is 28.0 Å². The van der Waals surface area contributed by atoms with Gasteiger partial charge < -0.3 is 45.5 Å². The first-order chi connectivity index (χ1) is 35.7. The molecule has 0 amide bonds. The molecule has 0 saturated heterocycles. The van der Waals surface area contributed by atoms with Gasteiger partial charge in [0.2, 0.25) is 0 Å². The van der Waals surface area contributed by atoms with E-state index in [1.807, 2.05) is 44.4 Å². The first-order valence-electron chi connectivity index (χ1n) is 28.8. The number of phenols is 3. The smallest absolute Gasteiger partial charge is 0.331 e. The number of hydrogen-bond donors (Lipinski definition) is 6. The van der Waals surface area contributed by atoms with E-state index in [0.29, 0.717) is 41.1 Å². The first-order valence-corrected chi connectivity index (χ1v) is 28.8. The molecule has 0 spiro atoms. The molecule has 3 aromatic rings. The van der Waals surface area contributed by atoms with Gasteiger partial charge >= 0.3 is 5.97 Å². The molecule has 9 rings (SSSR count). The SMILES string of the molecule is CC1(C)Oc2cc(CCCC[13CH3])cc(O)c2[C@@H]2C=C(C(=O)O)CC[C@H]21.CNN=C1CC[C@@H]2[C@@H](C1)c1c(O)cc(CCCC[13CH3])cc1OC2(C)C.CNN=C1CC[C@@H]2[C@@H](C1)c1c(O)cc(CCCC[13CH3])cc1OC2(C)C. The third-order valence-corrected chi connectivity index (χ3v) is 17.3. The van der Waals surface area contributed by atoms with E-state index < -0.39 is 5.97 Å². The predicted molar refractivity (Wildman–Crippen MR) is 302 cm³/mol. The van der Waals surface area contributed by atoms with Crippen molar-refractivity contribution >= 4 is 17.4 Å². The Balaban J connectivity index is 0.000000164. The van der Waals surface area contributed by atoms with Gasteiger partial charge in [0.05, 0.1) is 0 Å². The standard InChI is InChI=1S/2C21H32N2O2.C21H28O4/c2*1-5-6-7-8-14-11-18(24)20-16-13-15(23-22-4)9-10-17(16)21(2,3)25-19(20)12-14;1-4-5-6-7-13-10-17(22)19-15-12-14(20(23)24)8-9-16(15)21(2,3)25-18(19)11-13/h2*11-12,16-17,22,24H,5-10,13H2,1-4H3;10-12,15-16,22H,4-9H2,1-3H3,(H,23,24)/t2*16-,17-;15-,16-/m111/s1/i3*1+1. The fourth-order valence-electron chi connectivity index (χ4n) is 13.6. The summed E-state index contributed by atoms with van der Waals surface area (Å²) in [6.07, 6.45) is 22.5. The first kappa shape index (κ1) is 57.3. The molecule has 3 aliphatic heterocycles. The Kier molecular flexibility index (Phi) is 18.9. The van der Waals surface area contributed by atoms with Crippen LogP contribution in [-0.4, -0.2) is 68.7 Å². The number of carbonyl (C=O) groups is 1. The van der Waals surface area contributed by atoms with E-state index in [9.17, 15) is 25.2 Å². The van der Waals surface area contributed by atoms with Gasteiger partial charge in [0.25, 0.3) is 0 Å². The summed E-state index contributed by atoms with van der Waals surface area (Å²) in [4.78, 5) is 11.4. The van der Waals surface area contributed by atoms with Crippen LogP contribution in [0.25, 0.3) is 0 Å². The lowest BCUT2D eigenvalue weighted by molar-refractivity contribution is -0.133. The molecular weight excluding hydrogens is 944 g/mol. The highest BCUT2D eigenvalue weighted by molar-refractivity contribution is 5.88. The minimum atomic E-state index is -0.861. The van der Waals surface area contributed by atoms with Crippen LogP contribution in [0.1, 0.15) is 223 Å². The van der Waals surface area contributed by atoms with Gasteiger partial charge in [-0.25, -0.2) is 4.79 Å². The Morgan fingerprint density at radius 2 is 0.907 bits per heavy atom. The van der Waals surface area contributed by atoms with E-state index in [4.69, 9.17) is 14.2 Å². The van der Waals surface area contributed by atoms with Gasteiger partial charge in [-0.15, -0.1) is 0 Å². The molecule has 6 aliphatic rings. The van der Waals surface area contributed by atoms with Crippen molar-refractivity contribution in [3.05, 3.63) is 81.4 Å². The number of phenolic OH excluding ortho intramolecular Hbond substituents is 3. The van der Waals surface area contributed by atoms with Crippen molar-refractivity contribution < 1.29 is 39.4 Å². The molecule has 3 aromatic carbocycles. The zero-order valence-electron chi connectivity index (χ0n) is 47.5. The lowest BCUT2D eigenvalue weighted by Gasteiger charge is -2.47. The minimum absolute atomic E-state index is 0.108. The maximum atomic E-state index is 11.4. The van der Waals surface area contributed by atoms with Crippen LogP contribution in [0.5, 0.6) is 34.5 Å². The van der Waals surface area contributed by atoms with E-state index in [-0.39, 0.29) is 46.2 Å². The average Bonchev–Trinajstić information content (AvgIpc) is 3.35. The topological polar surface area (TPSA) is 174 Å². The third-order valence-electron chi connectivity index (χ3n) is 17.3. The van der Waals surface area contributed by atoms with E-state index in [1.165, 1.54) is 54.7 Å². The van der Waals surface area contributed by atoms with Gasteiger partial charge in [0, 0.05) is 83.3 Å². The van der Waals surface area contributed by atoms with Crippen LogP contribution in [0.4, 0.5) is 0 Å². The molecule has 0 radical (unpaired) electrons. The highest BCUT2D eigenvalue weighted by Gasteiger charge is 2.49. The normalized spacial score (nSPS) is 25.2. The van der Waals surface area contributed by atoms with Crippen LogP contribution in [0.3, 0.4) is 0 Å². The number of rotatable bonds is 15. The highest BCUT2D eigenvalue weighted by atomic mass is 16.5. The molecule has 0 aromatic heterocycles. The van der Waals surface area contributed by atoms with Gasteiger partial charge in [0.15, 0.2) is 0 Å². The molecule has 0 unspecified atom stereocenters. The van der Waals surface area contributed by atoms with Crippen LogP contribution in [0, 0.1) is 17.8 Å². The summed E-state index contributed by atoms with van der Waals surface area (Å²) >= 11 is 0. The van der Waals surface area contributed by atoms with Gasteiger partial charge in [-0.2, -0.15) is 10.2 Å². The molecule has 6 N–H and O–H groups in total. The van der Waals surface area contributed by atoms with E-state index >= 15 is 0 Å². The van der Waals surface area contributed by atoms with Crippen LogP contribution in [-0.2, 0) is 24.1 Å². The van der Waals surface area contributed by atoms with Crippen molar-refractivity contribution in [2.45, 2.75) is 225 Å². The van der Waals surface area contributed by atoms with Crippen molar-refractivity contribution in [3.8, 4) is 34.5 Å². The molecule has 12 nitrogen and oxygen atoms in total. The van der Waals surface area contributed by atoms with Gasteiger partial charge in [0.1, 0.15) is 51.3 Å². The van der Waals surface area contributed by atoms with E-state index in [0.717, 1.165) is 124 Å². The molecule has 6 atom stereocenters. The molecule has 3 aliphatic carbocycles. The average molecular weight is 1040 g/mol. The monoisotopic (exact) mass is 1040 g/mol. The Bertz CT molecular complexity index is 2450. The maximum Gasteiger partial charge on any atom is 0.331 e. The molecule has 2 saturated carbocycles. The van der Waals surface area contributed by atoms with Crippen LogP contribution in [0.2, 0.25) is 0 Å². The summed E-state index contributed by atoms with van der Waals surface area (Å²) in [5.74, 6) is 4.09. The number of hydrazone groups is 2. The Morgan fingerprint density at radius 3 is 1.28 bits per heavy atom. The van der Waals surface area contributed by atoms with Gasteiger partial charge in [-0.3, -0.25) is 0 Å². The van der Waals surface area contributed by atoms with Crippen molar-refractivity contribution in [1.29, 1.82) is 0 Å². The van der Waals surface area contributed by atoms with E-state index in [1.54, 1.807) is 0 Å². The number of benzene rings is 3. The summed E-state index contributed by atoms with van der Waals surface area (Å²) in [7, 11) is 3.70. The Labute approximate surface area is 449 Å². The number of hydrogen-bond acceptors (Lipinski definition) is 11. The lowest BCUT2D eigenvalue weighted by Crippen LogP contribution is -2.47. The molecule has 0 bridgehead atoms. The number of aromatic hydroxyl groups is 3. The second-order valence-electron chi connectivity index (χ2n) is 24.0. The van der Waals surface area contributed by atoms with Crippen LogP contribution >= 0.6 is 0 Å². The predicted octanol–water partition coefficient (Wildman–Crippen LogP) is 14.3. The zero-order valence-corrected chi connectivity index (χ0v) is 47.5. The number of fused-ring (bicyclic) bond motifs is 9. The fourth-order valence-corrected chi connectivity index (χ4v) is 13.6. The lowest BCUT2D eigenvalue weighted by atomic mass is 9.66. The Hall–Kier alpha value is -5.39. The van der Waals surface area contributed by atoms with Crippen molar-refractivity contribution in [2.75, 3.05) is 14.1 Å². The summed E-state index contributed by atoms with van der Waals surface area (Å²) in [6.45, 7) is 19.5. The maximum absolute atomic E-state index is 11.4. The second kappa shape index (κ2) is 24.7. The molecule has 12 heteroatoms. The van der Waals surface area contributed by atoms with E-state index in [2.05, 4.69) is 95.5 Å². The van der Waals surface area contributed by atoms with Crippen molar-refractivity contribution in [3.63, 3.8) is 0 Å². The molecule has 3 heterocycles. The minimum Gasteiger partial charge on any atom is -0.508 e. The summed E-state index contributed by atoms with van der Waals surface area (Å²) in [6, 6.07) is 12.1. The molecule has 75 heavy (non-hydrogen) atoms. The fraction of sp³-hybridized carbons (Fsp3) is 0.635. The number of carboxylic acid groups (broad SMARTS) is 1. The summed E-state index contributed by atoms with van der Waals surface area (Å²) in [5.41, 5.74) is 14.0. The second-order valence-corrected chi connectivity index (χ2v) is 24.0. The number of aryl methyl sites for hydroxylation is 3. The van der Waals surface area contributed by atoms with Crippen LogP contribution < -0.4 is 25.1 Å². The van der Waals surface area contributed by atoms with Crippen molar-refractivity contribution in [1.82, 2.24) is 10.9 Å². The molecule has 412 valence electrons. The van der Waals surface area contributed by atoms with Gasteiger partial charge in [-0.1, -0.05) is 65.4 Å². The number of nitrogens with one attached hydrogen (secondary N) is 2. The highest BCUT2D eigenvalue weighted by Crippen LogP contribution is 2.57. The number of allylic oxidation sites excluding steroid dienone is 1.